The summed E-state index contributed by atoms with van der Waals surface area (Å²) >= 11 is 3.51. The fraction of sp³-hybridized carbons (Fsp3) is 0.257. The van der Waals surface area contributed by atoms with Gasteiger partial charge in [0, 0.05) is 23.5 Å². The second kappa shape index (κ2) is 14.7. The van der Waals surface area contributed by atoms with Crippen LogP contribution in [0.4, 0.5) is 5.69 Å². The molecule has 0 fully saturated rings. The third-order valence-corrected chi connectivity index (χ3v) is 9.44. The normalized spacial score (nSPS) is 12.0. The Hall–Kier alpha value is -3.95. The van der Waals surface area contributed by atoms with Crippen molar-refractivity contribution in [3.63, 3.8) is 0 Å². The van der Waals surface area contributed by atoms with Crippen molar-refractivity contribution in [2.75, 3.05) is 10.8 Å². The van der Waals surface area contributed by atoms with E-state index in [4.69, 9.17) is 0 Å². The van der Waals surface area contributed by atoms with Gasteiger partial charge in [-0.3, -0.25) is 13.9 Å². The number of aryl methyl sites for hydroxylation is 2. The van der Waals surface area contributed by atoms with Crippen molar-refractivity contribution >= 4 is 43.5 Å². The maximum absolute atomic E-state index is 14.5. The number of halogens is 1. The van der Waals surface area contributed by atoms with Crippen LogP contribution in [0.15, 0.2) is 112 Å². The molecule has 0 aliphatic rings. The average Bonchev–Trinajstić information content (AvgIpc) is 2.98. The van der Waals surface area contributed by atoms with Gasteiger partial charge in [-0.2, -0.15) is 0 Å². The third kappa shape index (κ3) is 8.36. The third-order valence-electron chi connectivity index (χ3n) is 7.18. The van der Waals surface area contributed by atoms with Gasteiger partial charge in [0.25, 0.3) is 10.0 Å². The predicted octanol–water partition coefficient (Wildman–Crippen LogP) is 6.43. The SMILES string of the molecule is Cc1ccc(N(CC(=O)N(Cc2cccc(Br)c2)[C@H](Cc2ccccc2)C(=O)NC(C)C)S(=O)(=O)c2ccccc2)c(C)c1. The molecule has 44 heavy (non-hydrogen) atoms. The molecule has 0 bridgehead atoms. The molecule has 1 N–H and O–H groups in total. The van der Waals surface area contributed by atoms with Crippen molar-refractivity contribution in [3.8, 4) is 0 Å². The van der Waals surface area contributed by atoms with E-state index in [-0.39, 0.29) is 29.8 Å². The summed E-state index contributed by atoms with van der Waals surface area (Å²) in [6.07, 6.45) is 0.258. The van der Waals surface area contributed by atoms with Crippen LogP contribution in [0.1, 0.15) is 36.1 Å². The van der Waals surface area contributed by atoms with Crippen LogP contribution < -0.4 is 9.62 Å². The molecule has 4 rings (SSSR count). The molecule has 0 aliphatic heterocycles. The lowest BCUT2D eigenvalue weighted by atomic mass is 10.0. The molecular formula is C35H38BrN3O4S. The molecule has 1 atom stereocenters. The molecule has 0 heterocycles. The van der Waals surface area contributed by atoms with Crippen LogP contribution >= 0.6 is 15.9 Å². The second-order valence-corrected chi connectivity index (χ2v) is 13.9. The molecule has 0 spiro atoms. The van der Waals surface area contributed by atoms with Gasteiger partial charge in [-0.1, -0.05) is 94.3 Å². The number of nitrogens with zero attached hydrogens (tertiary/aromatic N) is 2. The van der Waals surface area contributed by atoms with Gasteiger partial charge in [0.15, 0.2) is 0 Å². The van der Waals surface area contributed by atoms with Gasteiger partial charge in [-0.25, -0.2) is 8.42 Å². The zero-order valence-electron chi connectivity index (χ0n) is 25.4. The Labute approximate surface area is 269 Å². The standard InChI is InChI=1S/C35H38BrN3O4S/c1-25(2)37-35(41)33(22-28-12-7-5-8-13-28)38(23-29-14-11-15-30(36)21-29)34(40)24-39(32-19-18-26(3)20-27(32)4)44(42,43)31-16-9-6-10-17-31/h5-21,25,33H,22-24H2,1-4H3,(H,37,41)/t33-/m1/s1. The van der Waals surface area contributed by atoms with Gasteiger partial charge >= 0.3 is 0 Å². The van der Waals surface area contributed by atoms with E-state index in [9.17, 15) is 18.0 Å². The quantitative estimate of drug-likeness (QED) is 0.188. The zero-order valence-corrected chi connectivity index (χ0v) is 27.8. The fourth-order valence-electron chi connectivity index (χ4n) is 5.08. The molecule has 0 radical (unpaired) electrons. The molecule has 0 saturated heterocycles. The number of hydrogen-bond acceptors (Lipinski definition) is 4. The summed E-state index contributed by atoms with van der Waals surface area (Å²) in [7, 11) is -4.14. The van der Waals surface area contributed by atoms with E-state index in [0.29, 0.717) is 11.3 Å². The highest BCUT2D eigenvalue weighted by Gasteiger charge is 2.35. The molecule has 0 aromatic heterocycles. The average molecular weight is 677 g/mol. The molecule has 4 aromatic carbocycles. The lowest BCUT2D eigenvalue weighted by Crippen LogP contribution is -2.54. The fourth-order valence-corrected chi connectivity index (χ4v) is 7.03. The first-order valence-corrected chi connectivity index (χ1v) is 16.7. The number of nitrogens with one attached hydrogen (secondary N) is 1. The Morgan fingerprint density at radius 1 is 0.818 bits per heavy atom. The Kier molecular flexibility index (Phi) is 11.0. The number of anilines is 1. The lowest BCUT2D eigenvalue weighted by Gasteiger charge is -2.34. The van der Waals surface area contributed by atoms with Crippen LogP contribution in [-0.2, 0) is 32.6 Å². The molecule has 9 heteroatoms. The molecular weight excluding hydrogens is 638 g/mol. The summed E-state index contributed by atoms with van der Waals surface area (Å²) in [5.41, 5.74) is 3.77. The van der Waals surface area contributed by atoms with E-state index in [1.807, 2.05) is 94.4 Å². The van der Waals surface area contributed by atoms with Crippen LogP contribution in [0.3, 0.4) is 0 Å². The molecule has 2 amide bonds. The second-order valence-electron chi connectivity index (χ2n) is 11.1. The van der Waals surface area contributed by atoms with Gasteiger partial charge in [-0.15, -0.1) is 0 Å². The Bertz CT molecular complexity index is 1700. The number of sulfonamides is 1. The molecule has 4 aromatic rings. The highest BCUT2D eigenvalue weighted by Crippen LogP contribution is 2.28. The van der Waals surface area contributed by atoms with Crippen molar-refractivity contribution in [1.82, 2.24) is 10.2 Å². The summed E-state index contributed by atoms with van der Waals surface area (Å²) in [5, 5.41) is 2.98. The minimum Gasteiger partial charge on any atom is -0.352 e. The van der Waals surface area contributed by atoms with E-state index in [1.165, 1.54) is 17.0 Å². The highest BCUT2D eigenvalue weighted by atomic mass is 79.9. The topological polar surface area (TPSA) is 86.8 Å². The summed E-state index contributed by atoms with van der Waals surface area (Å²) < 4.78 is 30.3. The maximum Gasteiger partial charge on any atom is 0.264 e. The van der Waals surface area contributed by atoms with Crippen LogP contribution in [0.2, 0.25) is 0 Å². The van der Waals surface area contributed by atoms with Crippen LogP contribution in [0.5, 0.6) is 0 Å². The first-order valence-electron chi connectivity index (χ1n) is 14.5. The Morgan fingerprint density at radius 2 is 1.45 bits per heavy atom. The van der Waals surface area contributed by atoms with Gasteiger partial charge in [0.1, 0.15) is 12.6 Å². The summed E-state index contributed by atoms with van der Waals surface area (Å²) in [5.74, 6) is -0.805. The Morgan fingerprint density at radius 3 is 2.07 bits per heavy atom. The van der Waals surface area contributed by atoms with Crippen LogP contribution in [-0.4, -0.2) is 43.8 Å². The highest BCUT2D eigenvalue weighted by molar-refractivity contribution is 9.10. The van der Waals surface area contributed by atoms with Gasteiger partial charge < -0.3 is 10.2 Å². The molecule has 230 valence electrons. The minimum absolute atomic E-state index is 0.0738. The van der Waals surface area contributed by atoms with E-state index < -0.39 is 28.5 Å². The smallest absolute Gasteiger partial charge is 0.264 e. The number of amides is 2. The van der Waals surface area contributed by atoms with Crippen molar-refractivity contribution in [1.29, 1.82) is 0 Å². The summed E-state index contributed by atoms with van der Waals surface area (Å²) in [4.78, 5) is 29.9. The largest absolute Gasteiger partial charge is 0.352 e. The van der Waals surface area contributed by atoms with Crippen molar-refractivity contribution in [3.05, 3.63) is 130 Å². The lowest BCUT2D eigenvalue weighted by molar-refractivity contribution is -0.140. The molecule has 7 nitrogen and oxygen atoms in total. The molecule has 0 unspecified atom stereocenters. The summed E-state index contributed by atoms with van der Waals surface area (Å²) in [6.45, 7) is 7.11. The minimum atomic E-state index is -4.14. The van der Waals surface area contributed by atoms with Gasteiger partial charge in [0.05, 0.1) is 10.6 Å². The number of carbonyl (C=O) groups is 2. The number of carbonyl (C=O) groups excluding carboxylic acids is 2. The zero-order chi connectivity index (χ0) is 31.9. The van der Waals surface area contributed by atoms with Gasteiger partial charge in [0.2, 0.25) is 11.8 Å². The van der Waals surface area contributed by atoms with E-state index in [0.717, 1.165) is 25.5 Å². The van der Waals surface area contributed by atoms with Crippen LogP contribution in [0.25, 0.3) is 0 Å². The number of benzene rings is 4. The number of rotatable bonds is 12. The van der Waals surface area contributed by atoms with Crippen molar-refractivity contribution in [2.45, 2.75) is 57.6 Å². The predicted molar refractivity (Wildman–Crippen MR) is 179 cm³/mol. The Balaban J connectivity index is 1.82. The van der Waals surface area contributed by atoms with Crippen LogP contribution in [0, 0.1) is 13.8 Å². The first kappa shape index (κ1) is 33.0. The molecule has 0 saturated carbocycles. The van der Waals surface area contributed by atoms with Gasteiger partial charge in [-0.05, 0) is 74.7 Å². The summed E-state index contributed by atoms with van der Waals surface area (Å²) in [6, 6.07) is 29.5. The monoisotopic (exact) mass is 675 g/mol. The number of hydrogen-bond donors (Lipinski definition) is 1. The molecule has 0 aliphatic carbocycles. The first-order chi connectivity index (χ1) is 21.0. The van der Waals surface area contributed by atoms with E-state index in [2.05, 4.69) is 21.2 Å². The van der Waals surface area contributed by atoms with Crippen molar-refractivity contribution < 1.29 is 18.0 Å². The maximum atomic E-state index is 14.5. The van der Waals surface area contributed by atoms with E-state index in [1.54, 1.807) is 24.3 Å². The van der Waals surface area contributed by atoms with E-state index >= 15 is 0 Å². The van der Waals surface area contributed by atoms with Crippen molar-refractivity contribution in [2.24, 2.45) is 0 Å².